The van der Waals surface area contributed by atoms with E-state index < -0.39 is 0 Å². The van der Waals surface area contributed by atoms with Crippen molar-refractivity contribution in [1.29, 1.82) is 0 Å². The van der Waals surface area contributed by atoms with Crippen molar-refractivity contribution >= 4 is 15.9 Å². The highest BCUT2D eigenvalue weighted by molar-refractivity contribution is 9.10. The Kier molecular flexibility index (Phi) is 7.44. The minimum absolute atomic E-state index is 0.768. The van der Waals surface area contributed by atoms with Crippen LogP contribution in [0.3, 0.4) is 0 Å². The summed E-state index contributed by atoms with van der Waals surface area (Å²) in [5.41, 5.74) is 1.29. The van der Waals surface area contributed by atoms with E-state index >= 15 is 0 Å². The van der Waals surface area contributed by atoms with Crippen LogP contribution in [0.4, 0.5) is 0 Å². The van der Waals surface area contributed by atoms with E-state index in [2.05, 4.69) is 64.5 Å². The summed E-state index contributed by atoms with van der Waals surface area (Å²) in [5, 5.41) is 3.36. The Hall–Kier alpha value is -0.420. The summed E-state index contributed by atoms with van der Waals surface area (Å²) in [4.78, 5) is 2.12. The van der Waals surface area contributed by atoms with E-state index in [0.29, 0.717) is 0 Å². The van der Waals surface area contributed by atoms with Crippen LogP contribution < -0.4 is 5.32 Å². The predicted molar refractivity (Wildman–Crippen MR) is 75.2 cm³/mol. The molecule has 0 radical (unpaired) electrons. The monoisotopic (exact) mass is 300 g/mol. The highest BCUT2D eigenvalue weighted by atomic mass is 79.9. The van der Waals surface area contributed by atoms with Gasteiger partial charge in [-0.3, -0.25) is 0 Å². The molecule has 0 aliphatic carbocycles. The number of likely N-dealkylation sites (N-methyl/N-ethyl adjacent to an activating group) is 1. The lowest BCUT2D eigenvalue weighted by Gasteiger charge is -2.10. The van der Waals surface area contributed by atoms with Crippen LogP contribution in [0.25, 0.3) is 0 Å². The average Bonchev–Trinajstić information content (AvgIpc) is 2.30. The van der Waals surface area contributed by atoms with Crippen LogP contribution >= 0.6 is 15.9 Å². The van der Waals surface area contributed by atoms with Crippen molar-refractivity contribution in [3.05, 3.63) is 34.3 Å². The van der Waals surface area contributed by atoms with Gasteiger partial charge in [0.2, 0.25) is 0 Å². The van der Waals surface area contributed by atoms with Crippen LogP contribution in [0.5, 0.6) is 0 Å². The van der Waals surface area contributed by atoms with Crippen molar-refractivity contribution in [3.63, 3.8) is 0 Å². The SMILES string of the molecule is CN(C)CCOCCNCc1ccc(Br)cc1. The molecule has 0 aliphatic heterocycles. The minimum Gasteiger partial charge on any atom is -0.379 e. The molecule has 3 nitrogen and oxygen atoms in total. The van der Waals surface area contributed by atoms with Gasteiger partial charge in [0, 0.05) is 24.1 Å². The molecule has 1 aromatic rings. The van der Waals surface area contributed by atoms with Gasteiger partial charge in [0.25, 0.3) is 0 Å². The Morgan fingerprint density at radius 3 is 2.53 bits per heavy atom. The maximum Gasteiger partial charge on any atom is 0.0593 e. The van der Waals surface area contributed by atoms with Gasteiger partial charge in [-0.25, -0.2) is 0 Å². The molecule has 0 spiro atoms. The first-order chi connectivity index (χ1) is 8.18. The van der Waals surface area contributed by atoms with E-state index in [0.717, 1.165) is 37.3 Å². The van der Waals surface area contributed by atoms with Crippen molar-refractivity contribution in [2.24, 2.45) is 0 Å². The average molecular weight is 301 g/mol. The standard InChI is InChI=1S/C13H21BrN2O/c1-16(2)8-10-17-9-7-15-11-12-3-5-13(14)6-4-12/h3-6,15H,7-11H2,1-2H3. The third-order valence-corrected chi connectivity index (χ3v) is 2.88. The lowest BCUT2D eigenvalue weighted by atomic mass is 10.2. The maximum absolute atomic E-state index is 5.49. The van der Waals surface area contributed by atoms with Crippen molar-refractivity contribution in [3.8, 4) is 0 Å². The minimum atomic E-state index is 0.768. The van der Waals surface area contributed by atoms with E-state index in [-0.39, 0.29) is 0 Å². The number of rotatable bonds is 8. The molecule has 0 heterocycles. The molecular weight excluding hydrogens is 280 g/mol. The first-order valence-corrected chi connectivity index (χ1v) is 6.65. The summed E-state index contributed by atoms with van der Waals surface area (Å²) in [7, 11) is 4.10. The highest BCUT2D eigenvalue weighted by Gasteiger charge is 1.94. The molecule has 0 aliphatic rings. The van der Waals surface area contributed by atoms with Gasteiger partial charge in [0.15, 0.2) is 0 Å². The number of hydrogen-bond donors (Lipinski definition) is 1. The topological polar surface area (TPSA) is 24.5 Å². The fourth-order valence-corrected chi connectivity index (χ4v) is 1.59. The summed E-state index contributed by atoms with van der Waals surface area (Å²) in [6, 6.07) is 8.35. The molecule has 96 valence electrons. The van der Waals surface area contributed by atoms with Crippen LogP contribution in [0.15, 0.2) is 28.7 Å². The zero-order valence-corrected chi connectivity index (χ0v) is 12.2. The van der Waals surface area contributed by atoms with Gasteiger partial charge in [-0.15, -0.1) is 0 Å². The van der Waals surface area contributed by atoms with Crippen LogP contribution in [0.2, 0.25) is 0 Å². The number of nitrogens with zero attached hydrogens (tertiary/aromatic N) is 1. The Morgan fingerprint density at radius 2 is 1.88 bits per heavy atom. The summed E-state index contributed by atoms with van der Waals surface area (Å²) >= 11 is 3.42. The van der Waals surface area contributed by atoms with Gasteiger partial charge in [-0.1, -0.05) is 28.1 Å². The first kappa shape index (κ1) is 14.6. The predicted octanol–water partition coefficient (Wildman–Crippen LogP) is 2.12. The van der Waals surface area contributed by atoms with Crippen LogP contribution in [-0.4, -0.2) is 45.3 Å². The van der Waals surface area contributed by atoms with Gasteiger partial charge in [-0.05, 0) is 31.8 Å². The molecule has 0 bridgehead atoms. The largest absolute Gasteiger partial charge is 0.379 e. The quantitative estimate of drug-likeness (QED) is 0.744. The second kappa shape index (κ2) is 8.64. The van der Waals surface area contributed by atoms with Gasteiger partial charge in [-0.2, -0.15) is 0 Å². The molecule has 4 heteroatoms. The number of hydrogen-bond acceptors (Lipinski definition) is 3. The zero-order chi connectivity index (χ0) is 12.5. The molecule has 17 heavy (non-hydrogen) atoms. The molecular formula is C13H21BrN2O. The second-order valence-electron chi connectivity index (χ2n) is 4.22. The lowest BCUT2D eigenvalue weighted by Crippen LogP contribution is -2.23. The molecule has 0 atom stereocenters. The lowest BCUT2D eigenvalue weighted by molar-refractivity contribution is 0.119. The fraction of sp³-hybridized carbons (Fsp3) is 0.538. The van der Waals surface area contributed by atoms with E-state index in [4.69, 9.17) is 4.74 Å². The molecule has 0 saturated heterocycles. The first-order valence-electron chi connectivity index (χ1n) is 5.86. The van der Waals surface area contributed by atoms with Gasteiger partial charge in [0.05, 0.1) is 13.2 Å². The van der Waals surface area contributed by atoms with Crippen LogP contribution in [-0.2, 0) is 11.3 Å². The smallest absolute Gasteiger partial charge is 0.0593 e. The molecule has 0 unspecified atom stereocenters. The number of benzene rings is 1. The van der Waals surface area contributed by atoms with Crippen LogP contribution in [0.1, 0.15) is 5.56 Å². The summed E-state index contributed by atoms with van der Waals surface area (Å²) < 4.78 is 6.61. The molecule has 1 N–H and O–H groups in total. The molecule has 0 aromatic heterocycles. The van der Waals surface area contributed by atoms with Crippen molar-refractivity contribution in [2.45, 2.75) is 6.54 Å². The van der Waals surface area contributed by atoms with E-state index in [1.807, 2.05) is 0 Å². The second-order valence-corrected chi connectivity index (χ2v) is 5.13. The number of halogens is 1. The van der Waals surface area contributed by atoms with Crippen LogP contribution in [0, 0.1) is 0 Å². The molecule has 0 saturated carbocycles. The Balaban J connectivity index is 1.99. The zero-order valence-electron chi connectivity index (χ0n) is 10.6. The Labute approximate surface area is 112 Å². The molecule has 0 amide bonds. The third kappa shape index (κ3) is 7.49. The molecule has 1 aromatic carbocycles. The van der Waals surface area contributed by atoms with Crippen molar-refractivity contribution < 1.29 is 4.74 Å². The molecule has 0 fully saturated rings. The van der Waals surface area contributed by atoms with E-state index in [1.165, 1.54) is 5.56 Å². The Bertz CT molecular complexity index is 301. The van der Waals surface area contributed by atoms with E-state index in [9.17, 15) is 0 Å². The Morgan fingerprint density at radius 1 is 1.18 bits per heavy atom. The number of ether oxygens (including phenoxy) is 1. The normalized spacial score (nSPS) is 11.1. The fourth-order valence-electron chi connectivity index (χ4n) is 1.33. The third-order valence-electron chi connectivity index (χ3n) is 2.35. The number of nitrogens with one attached hydrogen (secondary N) is 1. The summed E-state index contributed by atoms with van der Waals surface area (Å²) in [6.07, 6.45) is 0. The van der Waals surface area contributed by atoms with Gasteiger partial charge in [0.1, 0.15) is 0 Å². The van der Waals surface area contributed by atoms with Gasteiger partial charge < -0.3 is 15.0 Å². The molecule has 1 rings (SSSR count). The van der Waals surface area contributed by atoms with E-state index in [1.54, 1.807) is 0 Å². The highest BCUT2D eigenvalue weighted by Crippen LogP contribution is 2.09. The van der Waals surface area contributed by atoms with Crippen molar-refractivity contribution in [1.82, 2.24) is 10.2 Å². The summed E-state index contributed by atoms with van der Waals surface area (Å²) in [5.74, 6) is 0. The van der Waals surface area contributed by atoms with Crippen molar-refractivity contribution in [2.75, 3.05) is 40.4 Å². The maximum atomic E-state index is 5.49. The summed E-state index contributed by atoms with van der Waals surface area (Å²) in [6.45, 7) is 4.33. The van der Waals surface area contributed by atoms with Gasteiger partial charge >= 0.3 is 0 Å².